The summed E-state index contributed by atoms with van der Waals surface area (Å²) >= 11 is 12.4. The van der Waals surface area contributed by atoms with E-state index in [1.54, 1.807) is 34.8 Å². The Morgan fingerprint density at radius 2 is 2.10 bits per heavy atom. The Bertz CT molecular complexity index is 742. The maximum atomic E-state index is 14.3. The number of hydrogen-bond acceptors (Lipinski definition) is 4. The van der Waals surface area contributed by atoms with Gasteiger partial charge in [-0.3, -0.25) is 5.84 Å². The van der Waals surface area contributed by atoms with Gasteiger partial charge in [-0.1, -0.05) is 17.7 Å². The molecule has 3 aromatic rings. The second kappa shape index (κ2) is 5.71. The van der Waals surface area contributed by atoms with Crippen molar-refractivity contribution in [2.75, 3.05) is 0 Å². The summed E-state index contributed by atoms with van der Waals surface area (Å²) in [4.78, 5) is 0.964. The topological polar surface area (TPSA) is 38.0 Å². The summed E-state index contributed by atoms with van der Waals surface area (Å²) in [6.45, 7) is 0. The minimum absolute atomic E-state index is 0.0705. The van der Waals surface area contributed by atoms with Crippen LogP contribution in [-0.2, 0) is 0 Å². The molecule has 7 heteroatoms. The van der Waals surface area contributed by atoms with E-state index in [9.17, 15) is 4.39 Å². The third kappa shape index (κ3) is 2.41. The molecular formula is C13H9BrClFN2S2. The fourth-order valence-electron chi connectivity index (χ4n) is 2.02. The molecule has 2 nitrogen and oxygen atoms in total. The summed E-state index contributed by atoms with van der Waals surface area (Å²) in [5, 5.41) is 2.11. The molecule has 2 heterocycles. The van der Waals surface area contributed by atoms with Crippen molar-refractivity contribution in [2.45, 2.75) is 6.04 Å². The van der Waals surface area contributed by atoms with E-state index in [0.29, 0.717) is 10.0 Å². The first-order valence-corrected chi connectivity index (χ1v) is 8.55. The molecule has 2 aromatic heterocycles. The van der Waals surface area contributed by atoms with Crippen LogP contribution in [0.2, 0.25) is 5.02 Å². The SMILES string of the molecule is NNC(c1cc2sccc2s1)c1ccc(Br)c(Cl)c1F. The number of nitrogens with one attached hydrogen (secondary N) is 1. The van der Waals surface area contributed by atoms with Crippen LogP contribution in [0, 0.1) is 5.82 Å². The number of hydrazine groups is 1. The molecule has 3 rings (SSSR count). The first-order chi connectivity index (χ1) is 9.61. The molecule has 0 amide bonds. The van der Waals surface area contributed by atoms with E-state index in [1.807, 2.05) is 17.5 Å². The second-order valence-corrected chi connectivity index (χ2v) is 7.46. The maximum Gasteiger partial charge on any atom is 0.148 e. The highest BCUT2D eigenvalue weighted by atomic mass is 79.9. The molecule has 0 aliphatic rings. The van der Waals surface area contributed by atoms with Crippen LogP contribution < -0.4 is 11.3 Å². The number of benzene rings is 1. The summed E-state index contributed by atoms with van der Waals surface area (Å²) in [5.41, 5.74) is 3.11. The van der Waals surface area contributed by atoms with E-state index in [2.05, 4.69) is 21.4 Å². The molecule has 0 spiro atoms. The standard InChI is InChI=1S/C13H9BrClFN2S2/c14-7-2-1-6(12(16)11(7)15)13(18-17)10-5-9-8(20-10)3-4-19-9/h1-5,13,18H,17H2. The molecule has 0 bridgehead atoms. The zero-order valence-electron chi connectivity index (χ0n) is 9.99. The van der Waals surface area contributed by atoms with Crippen LogP contribution in [0.5, 0.6) is 0 Å². The molecule has 1 unspecified atom stereocenters. The summed E-state index contributed by atoms with van der Waals surface area (Å²) in [6.07, 6.45) is 0. The fraction of sp³-hybridized carbons (Fsp3) is 0.0769. The molecule has 1 atom stereocenters. The predicted molar refractivity (Wildman–Crippen MR) is 88.0 cm³/mol. The molecule has 20 heavy (non-hydrogen) atoms. The van der Waals surface area contributed by atoms with Gasteiger partial charge in [0.05, 0.1) is 11.1 Å². The Balaban J connectivity index is 2.10. The van der Waals surface area contributed by atoms with Crippen molar-refractivity contribution in [3.63, 3.8) is 0 Å². The van der Waals surface area contributed by atoms with Gasteiger partial charge in [0.25, 0.3) is 0 Å². The highest BCUT2D eigenvalue weighted by Gasteiger charge is 2.21. The normalized spacial score (nSPS) is 13.0. The predicted octanol–water partition coefficient (Wildman–Crippen LogP) is 5.07. The van der Waals surface area contributed by atoms with Crippen molar-refractivity contribution in [1.29, 1.82) is 0 Å². The van der Waals surface area contributed by atoms with Gasteiger partial charge in [-0.15, -0.1) is 22.7 Å². The third-order valence-corrected chi connectivity index (χ3v) is 6.40. The average Bonchev–Trinajstić information content (AvgIpc) is 3.00. The zero-order valence-corrected chi connectivity index (χ0v) is 14.0. The fourth-order valence-corrected chi connectivity index (χ4v) is 4.69. The Morgan fingerprint density at radius 3 is 2.80 bits per heavy atom. The molecule has 0 saturated heterocycles. The number of thiophene rings is 2. The molecular weight excluding hydrogens is 383 g/mol. The lowest BCUT2D eigenvalue weighted by Crippen LogP contribution is -2.29. The van der Waals surface area contributed by atoms with Gasteiger partial charge < -0.3 is 0 Å². The largest absolute Gasteiger partial charge is 0.271 e. The molecule has 0 fully saturated rings. The van der Waals surface area contributed by atoms with Gasteiger partial charge in [-0.25, -0.2) is 9.82 Å². The number of rotatable bonds is 3. The molecule has 104 valence electrons. The highest BCUT2D eigenvalue weighted by Crippen LogP contribution is 2.38. The van der Waals surface area contributed by atoms with Gasteiger partial charge in [0, 0.05) is 24.3 Å². The van der Waals surface area contributed by atoms with Crippen LogP contribution in [0.1, 0.15) is 16.5 Å². The molecule has 0 saturated carbocycles. The van der Waals surface area contributed by atoms with E-state index in [4.69, 9.17) is 17.4 Å². The van der Waals surface area contributed by atoms with Crippen LogP contribution in [0.25, 0.3) is 9.40 Å². The van der Waals surface area contributed by atoms with E-state index >= 15 is 0 Å². The van der Waals surface area contributed by atoms with Crippen molar-refractivity contribution >= 4 is 59.6 Å². The van der Waals surface area contributed by atoms with E-state index < -0.39 is 11.9 Å². The molecule has 0 aliphatic heterocycles. The first kappa shape index (κ1) is 14.4. The zero-order chi connectivity index (χ0) is 14.3. The highest BCUT2D eigenvalue weighted by molar-refractivity contribution is 9.10. The summed E-state index contributed by atoms with van der Waals surface area (Å²) in [5.74, 6) is 5.17. The van der Waals surface area contributed by atoms with Crippen LogP contribution in [0.4, 0.5) is 4.39 Å². The third-order valence-electron chi connectivity index (χ3n) is 2.99. The molecule has 3 N–H and O–H groups in total. The van der Waals surface area contributed by atoms with Crippen molar-refractivity contribution < 1.29 is 4.39 Å². The van der Waals surface area contributed by atoms with E-state index in [-0.39, 0.29) is 5.02 Å². The van der Waals surface area contributed by atoms with Crippen LogP contribution in [0.15, 0.2) is 34.1 Å². The van der Waals surface area contributed by atoms with Crippen molar-refractivity contribution in [2.24, 2.45) is 5.84 Å². The van der Waals surface area contributed by atoms with E-state index in [0.717, 1.165) is 4.88 Å². The minimum atomic E-state index is -0.458. The number of fused-ring (bicyclic) bond motifs is 1. The molecule has 0 aliphatic carbocycles. The van der Waals surface area contributed by atoms with Crippen molar-refractivity contribution in [1.82, 2.24) is 5.43 Å². The maximum absolute atomic E-state index is 14.3. The van der Waals surface area contributed by atoms with Crippen molar-refractivity contribution in [3.05, 3.63) is 55.4 Å². The van der Waals surface area contributed by atoms with Crippen LogP contribution >= 0.6 is 50.2 Å². The Kier molecular flexibility index (Phi) is 4.12. The number of halogens is 3. The molecule has 1 aromatic carbocycles. The van der Waals surface area contributed by atoms with Crippen LogP contribution in [-0.4, -0.2) is 0 Å². The van der Waals surface area contributed by atoms with Gasteiger partial charge >= 0.3 is 0 Å². The first-order valence-electron chi connectivity index (χ1n) is 5.68. The smallest absolute Gasteiger partial charge is 0.148 e. The van der Waals surface area contributed by atoms with Gasteiger partial charge in [0.15, 0.2) is 0 Å². The van der Waals surface area contributed by atoms with Gasteiger partial charge in [0.1, 0.15) is 5.82 Å². The summed E-state index contributed by atoms with van der Waals surface area (Å²) < 4.78 is 17.2. The Hall–Kier alpha value is -0.500. The monoisotopic (exact) mass is 390 g/mol. The second-order valence-electron chi connectivity index (χ2n) is 4.16. The number of hydrogen-bond donors (Lipinski definition) is 2. The minimum Gasteiger partial charge on any atom is -0.271 e. The Morgan fingerprint density at radius 1 is 1.30 bits per heavy atom. The summed E-state index contributed by atoms with van der Waals surface area (Å²) in [6, 6.07) is 7.08. The lowest BCUT2D eigenvalue weighted by Gasteiger charge is -2.16. The number of nitrogens with two attached hydrogens (primary N) is 1. The van der Waals surface area contributed by atoms with Gasteiger partial charge in [-0.2, -0.15) is 0 Å². The van der Waals surface area contributed by atoms with Gasteiger partial charge in [0.2, 0.25) is 0 Å². The van der Waals surface area contributed by atoms with E-state index in [1.165, 1.54) is 9.40 Å². The van der Waals surface area contributed by atoms with Crippen molar-refractivity contribution in [3.8, 4) is 0 Å². The summed E-state index contributed by atoms with van der Waals surface area (Å²) in [7, 11) is 0. The quantitative estimate of drug-likeness (QED) is 0.371. The average molecular weight is 392 g/mol. The van der Waals surface area contributed by atoms with Gasteiger partial charge in [-0.05, 0) is 39.5 Å². The lowest BCUT2D eigenvalue weighted by atomic mass is 10.1. The Labute approximate surface area is 136 Å². The lowest BCUT2D eigenvalue weighted by molar-refractivity contribution is 0.564. The molecule has 0 radical (unpaired) electrons. The van der Waals surface area contributed by atoms with Crippen LogP contribution in [0.3, 0.4) is 0 Å².